The molecule has 0 aliphatic heterocycles. The van der Waals surface area contributed by atoms with E-state index in [1.165, 1.54) is 0 Å². The number of nitrogens with one attached hydrogen (secondary N) is 1. The predicted molar refractivity (Wildman–Crippen MR) is 72.3 cm³/mol. The van der Waals surface area contributed by atoms with Crippen molar-refractivity contribution in [3.63, 3.8) is 0 Å². The Morgan fingerprint density at radius 2 is 1.28 bits per heavy atom. The zero-order valence-electron chi connectivity index (χ0n) is 9.48. The largest absolute Gasteiger partial charge is 0.384 e. The number of hydrogen-bond donors (Lipinski definition) is 2. The van der Waals surface area contributed by atoms with E-state index in [0.29, 0.717) is 21.7 Å². The van der Waals surface area contributed by atoms with Crippen LogP contribution in [0.2, 0.25) is 5.02 Å². The van der Waals surface area contributed by atoms with Gasteiger partial charge in [0.15, 0.2) is 5.78 Å². The highest BCUT2D eigenvalue weighted by atomic mass is 35.5. The molecule has 0 aliphatic carbocycles. The molecule has 0 bridgehead atoms. The van der Waals surface area contributed by atoms with Gasteiger partial charge in [0.25, 0.3) is 0 Å². The van der Waals surface area contributed by atoms with E-state index in [-0.39, 0.29) is 11.6 Å². The predicted octanol–water partition coefficient (Wildman–Crippen LogP) is 2.86. The number of carbonyl (C=O) groups is 1. The van der Waals surface area contributed by atoms with Crippen molar-refractivity contribution in [1.82, 2.24) is 0 Å². The molecular weight excluding hydrogens is 248 g/mol. The zero-order valence-corrected chi connectivity index (χ0v) is 10.2. The number of rotatable bonds is 3. The maximum Gasteiger partial charge on any atom is 0.193 e. The van der Waals surface area contributed by atoms with Crippen molar-refractivity contribution in [2.45, 2.75) is 0 Å². The Morgan fingerprint density at radius 3 is 1.72 bits per heavy atom. The van der Waals surface area contributed by atoms with Crippen LogP contribution in [0.25, 0.3) is 0 Å². The highest BCUT2D eigenvalue weighted by Crippen LogP contribution is 2.14. The molecule has 2 aromatic carbocycles. The SMILES string of the molecule is N=C(N)c1ccc(C(=O)c2ccc(Cl)cc2)cc1. The van der Waals surface area contributed by atoms with E-state index in [9.17, 15) is 4.79 Å². The molecule has 0 spiro atoms. The van der Waals surface area contributed by atoms with Crippen LogP contribution in [0.1, 0.15) is 21.5 Å². The van der Waals surface area contributed by atoms with E-state index in [0.717, 1.165) is 0 Å². The van der Waals surface area contributed by atoms with Gasteiger partial charge < -0.3 is 5.73 Å². The first-order valence-electron chi connectivity index (χ1n) is 5.32. The fraction of sp³-hybridized carbons (Fsp3) is 0. The first-order valence-corrected chi connectivity index (χ1v) is 5.70. The van der Waals surface area contributed by atoms with Gasteiger partial charge in [-0.05, 0) is 24.3 Å². The lowest BCUT2D eigenvalue weighted by atomic mass is 10.0. The topological polar surface area (TPSA) is 66.9 Å². The number of nitrogen functional groups attached to an aromatic ring is 1. The van der Waals surface area contributed by atoms with Crippen LogP contribution in [0.15, 0.2) is 48.5 Å². The van der Waals surface area contributed by atoms with E-state index >= 15 is 0 Å². The summed E-state index contributed by atoms with van der Waals surface area (Å²) in [6, 6.07) is 13.4. The Balaban J connectivity index is 2.28. The fourth-order valence-corrected chi connectivity index (χ4v) is 1.70. The molecule has 3 N–H and O–H groups in total. The van der Waals surface area contributed by atoms with Gasteiger partial charge in [0, 0.05) is 21.7 Å². The van der Waals surface area contributed by atoms with Crippen LogP contribution in [0.5, 0.6) is 0 Å². The zero-order chi connectivity index (χ0) is 13.1. The highest BCUT2D eigenvalue weighted by molar-refractivity contribution is 6.30. The summed E-state index contributed by atoms with van der Waals surface area (Å²) in [7, 11) is 0. The molecule has 0 fully saturated rings. The molecule has 0 aromatic heterocycles. The molecule has 0 radical (unpaired) electrons. The van der Waals surface area contributed by atoms with Crippen LogP contribution in [0.3, 0.4) is 0 Å². The second kappa shape index (κ2) is 5.02. The summed E-state index contributed by atoms with van der Waals surface area (Å²) in [5, 5.41) is 7.87. The Hall–Kier alpha value is -2.13. The number of halogens is 1. The molecule has 0 saturated carbocycles. The second-order valence-corrected chi connectivity index (χ2v) is 4.26. The summed E-state index contributed by atoms with van der Waals surface area (Å²) in [5.41, 5.74) is 7.09. The Bertz CT molecular complexity index is 588. The van der Waals surface area contributed by atoms with Gasteiger partial charge in [-0.15, -0.1) is 0 Å². The first kappa shape index (κ1) is 12.3. The maximum absolute atomic E-state index is 12.1. The second-order valence-electron chi connectivity index (χ2n) is 3.83. The summed E-state index contributed by atoms with van der Waals surface area (Å²) < 4.78 is 0. The maximum atomic E-state index is 12.1. The molecule has 0 heterocycles. The molecule has 0 unspecified atom stereocenters. The van der Waals surface area contributed by atoms with E-state index in [1.54, 1.807) is 48.5 Å². The van der Waals surface area contributed by atoms with Crippen LogP contribution >= 0.6 is 11.6 Å². The molecular formula is C14H11ClN2O. The summed E-state index contributed by atoms with van der Waals surface area (Å²) in [6.07, 6.45) is 0. The van der Waals surface area contributed by atoms with E-state index < -0.39 is 0 Å². The molecule has 2 rings (SSSR count). The molecule has 90 valence electrons. The molecule has 2 aromatic rings. The van der Waals surface area contributed by atoms with Crippen molar-refractivity contribution in [2.75, 3.05) is 0 Å². The van der Waals surface area contributed by atoms with Gasteiger partial charge in [-0.1, -0.05) is 35.9 Å². The normalized spacial score (nSPS) is 10.1. The molecule has 4 heteroatoms. The standard InChI is InChI=1S/C14H11ClN2O/c15-12-7-5-10(6-8-12)13(18)9-1-3-11(4-2-9)14(16)17/h1-8H,(H3,16,17). The lowest BCUT2D eigenvalue weighted by Gasteiger charge is -2.03. The van der Waals surface area contributed by atoms with Crippen LogP contribution in [-0.4, -0.2) is 11.6 Å². The fourth-order valence-electron chi connectivity index (χ4n) is 1.57. The van der Waals surface area contributed by atoms with E-state index in [1.807, 2.05) is 0 Å². The molecule has 3 nitrogen and oxygen atoms in total. The average molecular weight is 259 g/mol. The highest BCUT2D eigenvalue weighted by Gasteiger charge is 2.08. The third kappa shape index (κ3) is 2.57. The van der Waals surface area contributed by atoms with Crippen molar-refractivity contribution in [3.8, 4) is 0 Å². The number of nitrogens with two attached hydrogens (primary N) is 1. The quantitative estimate of drug-likeness (QED) is 0.505. The van der Waals surface area contributed by atoms with Gasteiger partial charge >= 0.3 is 0 Å². The minimum atomic E-state index is -0.0817. The summed E-state index contributed by atoms with van der Waals surface area (Å²) >= 11 is 5.77. The number of ketones is 1. The van der Waals surface area contributed by atoms with Gasteiger partial charge in [-0.25, -0.2) is 0 Å². The monoisotopic (exact) mass is 258 g/mol. The molecule has 18 heavy (non-hydrogen) atoms. The lowest BCUT2D eigenvalue weighted by Crippen LogP contribution is -2.11. The third-order valence-electron chi connectivity index (χ3n) is 2.56. The van der Waals surface area contributed by atoms with Crippen molar-refractivity contribution in [2.24, 2.45) is 5.73 Å². The van der Waals surface area contributed by atoms with Crippen molar-refractivity contribution < 1.29 is 4.79 Å². The lowest BCUT2D eigenvalue weighted by molar-refractivity contribution is 0.103. The van der Waals surface area contributed by atoms with Gasteiger partial charge in [0.2, 0.25) is 0 Å². The van der Waals surface area contributed by atoms with Crippen molar-refractivity contribution >= 4 is 23.2 Å². The van der Waals surface area contributed by atoms with Crippen molar-refractivity contribution in [1.29, 1.82) is 5.41 Å². The first-order chi connectivity index (χ1) is 8.58. The van der Waals surface area contributed by atoms with Crippen LogP contribution in [0, 0.1) is 5.41 Å². The van der Waals surface area contributed by atoms with E-state index in [2.05, 4.69) is 0 Å². The van der Waals surface area contributed by atoms with Gasteiger partial charge in [0.1, 0.15) is 5.84 Å². The minimum Gasteiger partial charge on any atom is -0.384 e. The van der Waals surface area contributed by atoms with Gasteiger partial charge in [-0.3, -0.25) is 10.2 Å². The van der Waals surface area contributed by atoms with Crippen LogP contribution < -0.4 is 5.73 Å². The summed E-state index contributed by atoms with van der Waals surface area (Å²) in [4.78, 5) is 12.1. The molecule has 0 amide bonds. The third-order valence-corrected chi connectivity index (χ3v) is 2.82. The number of benzene rings is 2. The number of carbonyl (C=O) groups excluding carboxylic acids is 1. The summed E-state index contributed by atoms with van der Waals surface area (Å²) in [5.74, 6) is -0.0951. The Labute approximate surface area is 110 Å². The molecule has 0 aliphatic rings. The van der Waals surface area contributed by atoms with Crippen molar-refractivity contribution in [3.05, 3.63) is 70.2 Å². The van der Waals surface area contributed by atoms with Gasteiger partial charge in [-0.2, -0.15) is 0 Å². The Morgan fingerprint density at radius 1 is 0.889 bits per heavy atom. The summed E-state index contributed by atoms with van der Waals surface area (Å²) in [6.45, 7) is 0. The Kier molecular flexibility index (Phi) is 3.44. The molecule has 0 atom stereocenters. The van der Waals surface area contributed by atoms with Gasteiger partial charge in [0.05, 0.1) is 0 Å². The van der Waals surface area contributed by atoms with Crippen LogP contribution in [0.4, 0.5) is 0 Å². The number of hydrogen-bond acceptors (Lipinski definition) is 2. The van der Waals surface area contributed by atoms with Crippen LogP contribution in [-0.2, 0) is 0 Å². The average Bonchev–Trinajstić information content (AvgIpc) is 2.39. The molecule has 0 saturated heterocycles. The van der Waals surface area contributed by atoms with E-state index in [4.69, 9.17) is 22.7 Å². The number of amidine groups is 1. The minimum absolute atomic E-state index is 0.0134. The smallest absolute Gasteiger partial charge is 0.193 e.